The highest BCUT2D eigenvalue weighted by Gasteiger charge is 2.14. The topological polar surface area (TPSA) is 17.0 Å². The number of para-hydroxylation sites is 2. The Labute approximate surface area is 287 Å². The fourth-order valence-electron chi connectivity index (χ4n) is 5.73. The van der Waals surface area contributed by atoms with Crippen molar-refractivity contribution in [3.8, 4) is 5.69 Å². The summed E-state index contributed by atoms with van der Waals surface area (Å²) in [4.78, 5) is 0. The Morgan fingerprint density at radius 3 is 2.08 bits per heavy atom. The fourth-order valence-corrected chi connectivity index (χ4v) is 5.73. The van der Waals surface area contributed by atoms with Gasteiger partial charge in [0, 0.05) is 33.4 Å². The summed E-state index contributed by atoms with van der Waals surface area (Å²) in [5, 5.41) is 8.48. The van der Waals surface area contributed by atoms with Crippen LogP contribution in [0.3, 0.4) is 0 Å². The maximum atomic E-state index is 4.42. The van der Waals surface area contributed by atoms with Crippen LogP contribution in [0.15, 0.2) is 182 Å². The van der Waals surface area contributed by atoms with E-state index in [-0.39, 0.29) is 0 Å². The Morgan fingerprint density at radius 2 is 1.35 bits per heavy atom. The van der Waals surface area contributed by atoms with E-state index in [1.165, 1.54) is 32.6 Å². The molecule has 48 heavy (non-hydrogen) atoms. The van der Waals surface area contributed by atoms with Crippen LogP contribution in [-0.2, 0) is 0 Å². The second kappa shape index (κ2) is 17.4. The Bertz CT molecular complexity index is 2130. The second-order valence-corrected chi connectivity index (χ2v) is 10.9. The fraction of sp³-hybridized carbons (Fsp3) is 0.130. The predicted molar refractivity (Wildman–Crippen MR) is 215 cm³/mol. The molecule has 2 nitrogen and oxygen atoms in total. The van der Waals surface area contributed by atoms with Crippen LogP contribution in [-0.4, -0.2) is 4.57 Å². The number of nitrogens with one attached hydrogen (secondary N) is 1. The molecule has 1 aromatic heterocycles. The zero-order chi connectivity index (χ0) is 34.5. The molecule has 6 rings (SSSR count). The van der Waals surface area contributed by atoms with E-state index in [0.29, 0.717) is 0 Å². The van der Waals surface area contributed by atoms with E-state index in [4.69, 9.17) is 0 Å². The van der Waals surface area contributed by atoms with Gasteiger partial charge in [0.15, 0.2) is 0 Å². The van der Waals surface area contributed by atoms with Crippen LogP contribution >= 0.6 is 0 Å². The van der Waals surface area contributed by atoms with E-state index in [2.05, 4.69) is 133 Å². The average Bonchev–Trinajstić information content (AvgIpc) is 3.48. The minimum Gasteiger partial charge on any atom is -0.355 e. The molecule has 0 bridgehead atoms. The number of hydrogen-bond donors (Lipinski definition) is 1. The Kier molecular flexibility index (Phi) is 12.7. The van der Waals surface area contributed by atoms with Crippen LogP contribution in [0.5, 0.6) is 0 Å². The third-order valence-electron chi connectivity index (χ3n) is 7.97. The lowest BCUT2D eigenvalue weighted by Crippen LogP contribution is -2.02. The molecule has 1 heterocycles. The Morgan fingerprint density at radius 1 is 0.688 bits per heavy atom. The van der Waals surface area contributed by atoms with Crippen LogP contribution in [0.2, 0.25) is 0 Å². The molecule has 0 atom stereocenters. The molecule has 0 fully saturated rings. The van der Waals surface area contributed by atoms with Crippen LogP contribution in [0.4, 0.5) is 5.69 Å². The lowest BCUT2D eigenvalue weighted by Gasteiger charge is -2.14. The van der Waals surface area contributed by atoms with Crippen molar-refractivity contribution in [2.45, 2.75) is 41.5 Å². The molecule has 5 aromatic carbocycles. The van der Waals surface area contributed by atoms with Crippen LogP contribution < -0.4 is 5.32 Å². The number of allylic oxidation sites excluding steroid dienone is 9. The van der Waals surface area contributed by atoms with Crippen molar-refractivity contribution in [2.75, 3.05) is 5.32 Å². The number of rotatable bonds is 9. The third-order valence-corrected chi connectivity index (χ3v) is 7.97. The summed E-state index contributed by atoms with van der Waals surface area (Å²) in [6, 6.07) is 40.8. The molecule has 0 aliphatic rings. The van der Waals surface area contributed by atoms with E-state index in [9.17, 15) is 0 Å². The van der Waals surface area contributed by atoms with Crippen molar-refractivity contribution in [2.24, 2.45) is 0 Å². The molecule has 6 aromatic rings. The van der Waals surface area contributed by atoms with Gasteiger partial charge in [0.1, 0.15) is 0 Å². The minimum atomic E-state index is 0.898. The molecule has 0 spiro atoms. The minimum absolute atomic E-state index is 0.898. The van der Waals surface area contributed by atoms with Crippen molar-refractivity contribution < 1.29 is 0 Å². The first-order chi connectivity index (χ1) is 23.6. The molecule has 0 amide bonds. The molecule has 0 saturated heterocycles. The van der Waals surface area contributed by atoms with Gasteiger partial charge in [-0.2, -0.15) is 0 Å². The number of fused-ring (bicyclic) bond motifs is 4. The van der Waals surface area contributed by atoms with Crippen molar-refractivity contribution in [3.63, 3.8) is 0 Å². The predicted octanol–water partition coefficient (Wildman–Crippen LogP) is 13.6. The quantitative estimate of drug-likeness (QED) is 0.158. The third kappa shape index (κ3) is 7.85. The molecule has 2 heteroatoms. The van der Waals surface area contributed by atoms with E-state index in [1.807, 2.05) is 83.2 Å². The van der Waals surface area contributed by atoms with E-state index < -0.39 is 0 Å². The van der Waals surface area contributed by atoms with Gasteiger partial charge in [0.05, 0.1) is 11.0 Å². The van der Waals surface area contributed by atoms with Crippen molar-refractivity contribution in [1.29, 1.82) is 0 Å². The summed E-state index contributed by atoms with van der Waals surface area (Å²) in [5.41, 5.74) is 9.62. The van der Waals surface area contributed by atoms with Gasteiger partial charge in [-0.1, -0.05) is 138 Å². The van der Waals surface area contributed by atoms with Crippen LogP contribution in [0, 0.1) is 0 Å². The molecule has 242 valence electrons. The molecule has 0 radical (unpaired) electrons. The zero-order valence-corrected chi connectivity index (χ0v) is 29.3. The number of benzene rings is 5. The summed E-state index contributed by atoms with van der Waals surface area (Å²) >= 11 is 0. The smallest absolute Gasteiger partial charge is 0.0541 e. The first-order valence-electron chi connectivity index (χ1n) is 17.0. The highest BCUT2D eigenvalue weighted by Crippen LogP contribution is 2.35. The van der Waals surface area contributed by atoms with Gasteiger partial charge in [0.2, 0.25) is 0 Å². The van der Waals surface area contributed by atoms with Crippen molar-refractivity contribution in [1.82, 2.24) is 4.57 Å². The normalized spacial score (nSPS) is 12.0. The molecule has 0 unspecified atom stereocenters. The van der Waals surface area contributed by atoms with Gasteiger partial charge >= 0.3 is 0 Å². The van der Waals surface area contributed by atoms with Crippen LogP contribution in [0.25, 0.3) is 43.8 Å². The summed E-state index contributed by atoms with van der Waals surface area (Å²) in [7, 11) is 0. The monoisotopic (exact) mass is 628 g/mol. The van der Waals surface area contributed by atoms with E-state index in [0.717, 1.165) is 39.4 Å². The summed E-state index contributed by atoms with van der Waals surface area (Å²) in [6.45, 7) is 20.7. The number of hydrogen-bond acceptors (Lipinski definition) is 1. The van der Waals surface area contributed by atoms with Gasteiger partial charge in [-0.05, 0) is 95.9 Å². The number of aromatic nitrogens is 1. The second-order valence-electron chi connectivity index (χ2n) is 10.9. The van der Waals surface area contributed by atoms with Crippen LogP contribution in [0.1, 0.15) is 47.1 Å². The van der Waals surface area contributed by atoms with Gasteiger partial charge < -0.3 is 9.88 Å². The molecule has 0 aliphatic heterocycles. The highest BCUT2D eigenvalue weighted by atomic mass is 15.0. The van der Waals surface area contributed by atoms with E-state index in [1.54, 1.807) is 0 Å². The summed E-state index contributed by atoms with van der Waals surface area (Å²) in [6.07, 6.45) is 12.1. The number of nitrogens with zero attached hydrogens (tertiary/aromatic N) is 1. The maximum Gasteiger partial charge on any atom is 0.0541 e. The summed E-state index contributed by atoms with van der Waals surface area (Å²) < 4.78 is 2.37. The first-order valence-corrected chi connectivity index (χ1v) is 17.0. The Hall–Kier alpha value is -5.60. The van der Waals surface area contributed by atoms with Gasteiger partial charge in [-0.15, -0.1) is 0 Å². The lowest BCUT2D eigenvalue weighted by atomic mass is 9.97. The molecule has 1 N–H and O–H groups in total. The molecular formula is C46H48N2. The Balaban J connectivity index is 0.00000125. The van der Waals surface area contributed by atoms with E-state index >= 15 is 0 Å². The van der Waals surface area contributed by atoms with Gasteiger partial charge in [-0.25, -0.2) is 0 Å². The maximum absolute atomic E-state index is 4.42. The molecule has 0 aliphatic carbocycles. The average molecular weight is 629 g/mol. The standard InChI is InChI=1S/C42H36N2.2C2H6/c1-5-7-9-16-30(3)38(40(6-2)43-35-19-10-8-11-20-35)27-31(4)33-24-26-42-39(29-33)37-21-14-15-22-41(37)44(42)36-25-23-32-17-12-13-18-34(32)28-36;2*1-2/h5-29,43H,2-3H2,1,4H3;2*1-2H3/b7-5-,16-9-,31-27+,40-38-;;. The first kappa shape index (κ1) is 35.3. The number of anilines is 1. The molecular weight excluding hydrogens is 581 g/mol. The highest BCUT2D eigenvalue weighted by molar-refractivity contribution is 6.10. The SMILES string of the molecule is C=C/C(Nc1ccccc1)=C(\C=C(/C)c1ccc2c(c1)c1ccccc1n2-c1ccc2ccccc2c1)C(=C)/C=C\C=C/C.CC.CC. The summed E-state index contributed by atoms with van der Waals surface area (Å²) in [5.74, 6) is 0. The lowest BCUT2D eigenvalue weighted by molar-refractivity contribution is 1.19. The van der Waals surface area contributed by atoms with Gasteiger partial charge in [-0.3, -0.25) is 0 Å². The largest absolute Gasteiger partial charge is 0.355 e. The zero-order valence-electron chi connectivity index (χ0n) is 29.3. The van der Waals surface area contributed by atoms with Crippen molar-refractivity contribution >= 4 is 43.8 Å². The van der Waals surface area contributed by atoms with Gasteiger partial charge in [0.25, 0.3) is 0 Å². The molecule has 0 saturated carbocycles. The van der Waals surface area contributed by atoms with Crippen molar-refractivity contribution in [3.05, 3.63) is 187 Å².